The van der Waals surface area contributed by atoms with Crippen LogP contribution in [0.2, 0.25) is 0 Å². The molecule has 0 saturated carbocycles. The van der Waals surface area contributed by atoms with Crippen LogP contribution in [0.4, 0.5) is 0 Å². The molecule has 0 amide bonds. The summed E-state index contributed by atoms with van der Waals surface area (Å²) in [6.07, 6.45) is 0.975. The normalized spacial score (nSPS) is 10.9. The number of ether oxygens (including phenoxy) is 4. The van der Waals surface area contributed by atoms with Gasteiger partial charge in [0.05, 0.1) is 39.0 Å². The molecular weight excluding hydrogens is 335 g/mol. The molecule has 0 unspecified atom stereocenters. The van der Waals surface area contributed by atoms with E-state index in [1.165, 1.54) is 0 Å². The van der Waals surface area contributed by atoms with Gasteiger partial charge in [0.25, 0.3) is 0 Å². The van der Waals surface area contributed by atoms with Crippen LogP contribution in [0, 0.1) is 5.92 Å². The molecule has 0 fully saturated rings. The van der Waals surface area contributed by atoms with Gasteiger partial charge >= 0.3 is 0 Å². The Kier molecular flexibility index (Phi) is 6.95. The number of hydrogen-bond donors (Lipinski definition) is 0. The third-order valence-corrected chi connectivity index (χ3v) is 6.95. The van der Waals surface area contributed by atoms with Crippen LogP contribution in [-0.2, 0) is 0 Å². The zero-order valence-corrected chi connectivity index (χ0v) is 16.7. The summed E-state index contributed by atoms with van der Waals surface area (Å²) in [5, 5.41) is 2.16. The first-order valence-corrected chi connectivity index (χ1v) is 9.79. The average molecular weight is 362 g/mol. The Morgan fingerprint density at radius 1 is 0.680 bits per heavy atom. The monoisotopic (exact) mass is 362 g/mol. The molecular formula is C20H27O4P. The zero-order valence-electron chi connectivity index (χ0n) is 15.8. The molecule has 0 heterocycles. The molecule has 0 aliphatic rings. The first kappa shape index (κ1) is 19.4. The summed E-state index contributed by atoms with van der Waals surface area (Å²) in [6.45, 7) is 4.44. The van der Waals surface area contributed by atoms with Gasteiger partial charge in [-0.15, -0.1) is 0 Å². The van der Waals surface area contributed by atoms with Crippen molar-refractivity contribution < 1.29 is 18.9 Å². The van der Waals surface area contributed by atoms with Gasteiger partial charge in [-0.3, -0.25) is 0 Å². The van der Waals surface area contributed by atoms with Crippen molar-refractivity contribution in [3.05, 3.63) is 36.4 Å². The standard InChI is InChI=1S/C20H27O4P/c1-14(2)13-25(19-15(21-3)9-7-10-16(19)22-4)20-17(23-5)11-8-12-18(20)24-6/h7-12,14H,13H2,1-6H3. The summed E-state index contributed by atoms with van der Waals surface area (Å²) in [4.78, 5) is 0. The molecule has 2 aromatic rings. The lowest BCUT2D eigenvalue weighted by molar-refractivity contribution is 0.399. The summed E-state index contributed by atoms with van der Waals surface area (Å²) in [7, 11) is 5.98. The second-order valence-corrected chi connectivity index (χ2v) is 8.14. The van der Waals surface area contributed by atoms with Gasteiger partial charge < -0.3 is 18.9 Å². The maximum atomic E-state index is 5.67. The van der Waals surface area contributed by atoms with Crippen LogP contribution in [0.5, 0.6) is 23.0 Å². The SMILES string of the molecule is COc1cccc(OC)c1P(CC(C)C)c1c(OC)cccc1OC. The number of hydrogen-bond acceptors (Lipinski definition) is 4. The van der Waals surface area contributed by atoms with E-state index in [1.54, 1.807) is 28.4 Å². The van der Waals surface area contributed by atoms with Crippen molar-refractivity contribution in [2.75, 3.05) is 34.6 Å². The topological polar surface area (TPSA) is 36.9 Å². The van der Waals surface area contributed by atoms with Gasteiger partial charge in [-0.2, -0.15) is 0 Å². The highest BCUT2D eigenvalue weighted by atomic mass is 31.1. The summed E-state index contributed by atoms with van der Waals surface area (Å²) in [6, 6.07) is 11.8. The molecule has 0 aliphatic carbocycles. The lowest BCUT2D eigenvalue weighted by Crippen LogP contribution is -2.22. The number of rotatable bonds is 8. The van der Waals surface area contributed by atoms with E-state index in [0.29, 0.717) is 5.92 Å². The highest BCUT2D eigenvalue weighted by Crippen LogP contribution is 2.47. The van der Waals surface area contributed by atoms with Gasteiger partial charge in [-0.1, -0.05) is 26.0 Å². The van der Waals surface area contributed by atoms with Gasteiger partial charge in [0.2, 0.25) is 0 Å². The van der Waals surface area contributed by atoms with E-state index in [4.69, 9.17) is 18.9 Å². The quantitative estimate of drug-likeness (QED) is 0.669. The van der Waals surface area contributed by atoms with Crippen LogP contribution in [0.15, 0.2) is 36.4 Å². The van der Waals surface area contributed by atoms with E-state index in [0.717, 1.165) is 39.8 Å². The lowest BCUT2D eigenvalue weighted by atomic mass is 10.3. The van der Waals surface area contributed by atoms with Gasteiger partial charge in [0.15, 0.2) is 0 Å². The molecule has 2 aromatic carbocycles. The molecule has 4 nitrogen and oxygen atoms in total. The van der Waals surface area contributed by atoms with Crippen LogP contribution in [0.25, 0.3) is 0 Å². The van der Waals surface area contributed by atoms with Crippen LogP contribution in [0.1, 0.15) is 13.8 Å². The summed E-state index contributed by atoms with van der Waals surface area (Å²) < 4.78 is 22.7. The second kappa shape index (κ2) is 8.96. The first-order valence-electron chi connectivity index (χ1n) is 8.26. The lowest BCUT2D eigenvalue weighted by Gasteiger charge is -2.27. The Bertz CT molecular complexity index is 600. The van der Waals surface area contributed by atoms with Crippen molar-refractivity contribution in [1.29, 1.82) is 0 Å². The third kappa shape index (κ3) is 4.19. The minimum absolute atomic E-state index is 0.496. The molecule has 0 aromatic heterocycles. The van der Waals surface area contributed by atoms with Gasteiger partial charge in [0.1, 0.15) is 23.0 Å². The molecule has 0 atom stereocenters. The third-order valence-electron chi connectivity index (χ3n) is 3.89. The van der Waals surface area contributed by atoms with Crippen LogP contribution in [-0.4, -0.2) is 34.6 Å². The zero-order chi connectivity index (χ0) is 18.4. The molecule has 0 aliphatic heterocycles. The van der Waals surface area contributed by atoms with Crippen LogP contribution < -0.4 is 29.6 Å². The molecule has 0 saturated heterocycles. The van der Waals surface area contributed by atoms with Crippen LogP contribution in [0.3, 0.4) is 0 Å². The van der Waals surface area contributed by atoms with Crippen molar-refractivity contribution in [2.45, 2.75) is 13.8 Å². The predicted molar refractivity (Wildman–Crippen MR) is 105 cm³/mol. The molecule has 5 heteroatoms. The van der Waals surface area contributed by atoms with E-state index in [9.17, 15) is 0 Å². The fraction of sp³-hybridized carbons (Fsp3) is 0.400. The largest absolute Gasteiger partial charge is 0.496 e. The van der Waals surface area contributed by atoms with E-state index >= 15 is 0 Å². The van der Waals surface area contributed by atoms with Crippen molar-refractivity contribution in [1.82, 2.24) is 0 Å². The molecule has 0 spiro atoms. The van der Waals surface area contributed by atoms with Crippen molar-refractivity contribution in [3.63, 3.8) is 0 Å². The Balaban J connectivity index is 2.76. The summed E-state index contributed by atoms with van der Waals surface area (Å²) >= 11 is 0. The fourth-order valence-corrected chi connectivity index (χ4v) is 5.90. The fourth-order valence-electron chi connectivity index (χ4n) is 2.85. The molecule has 25 heavy (non-hydrogen) atoms. The first-order chi connectivity index (χ1) is 12.1. The van der Waals surface area contributed by atoms with Crippen molar-refractivity contribution in [2.24, 2.45) is 5.92 Å². The van der Waals surface area contributed by atoms with E-state index in [2.05, 4.69) is 13.8 Å². The molecule has 0 bridgehead atoms. The van der Waals surface area contributed by atoms with Crippen molar-refractivity contribution >= 4 is 18.5 Å². The minimum Gasteiger partial charge on any atom is -0.496 e. The summed E-state index contributed by atoms with van der Waals surface area (Å²) in [5.74, 6) is 3.83. The molecule has 2 rings (SSSR count). The Hall–Kier alpha value is -1.93. The van der Waals surface area contributed by atoms with E-state index in [1.807, 2.05) is 36.4 Å². The second-order valence-electron chi connectivity index (χ2n) is 6.03. The predicted octanol–water partition coefficient (Wildman–Crippen LogP) is 3.81. The van der Waals surface area contributed by atoms with Crippen molar-refractivity contribution in [3.8, 4) is 23.0 Å². The van der Waals surface area contributed by atoms with Gasteiger partial charge in [-0.25, -0.2) is 0 Å². The Morgan fingerprint density at radius 2 is 1.00 bits per heavy atom. The highest BCUT2D eigenvalue weighted by Gasteiger charge is 2.28. The highest BCUT2D eigenvalue weighted by molar-refractivity contribution is 7.73. The van der Waals surface area contributed by atoms with Gasteiger partial charge in [0, 0.05) is 0 Å². The van der Waals surface area contributed by atoms with E-state index < -0.39 is 7.92 Å². The average Bonchev–Trinajstić information content (AvgIpc) is 2.64. The molecule has 0 radical (unpaired) electrons. The molecule has 136 valence electrons. The minimum atomic E-state index is -0.797. The number of benzene rings is 2. The maximum Gasteiger partial charge on any atom is 0.130 e. The Morgan fingerprint density at radius 3 is 1.24 bits per heavy atom. The summed E-state index contributed by atoms with van der Waals surface area (Å²) in [5.41, 5.74) is 0. The smallest absolute Gasteiger partial charge is 0.130 e. The van der Waals surface area contributed by atoms with Gasteiger partial charge in [-0.05, 0) is 44.3 Å². The maximum absolute atomic E-state index is 5.67. The number of methoxy groups -OCH3 is 4. The van der Waals surface area contributed by atoms with Crippen LogP contribution >= 0.6 is 7.92 Å². The Labute approximate surface area is 151 Å². The van der Waals surface area contributed by atoms with E-state index in [-0.39, 0.29) is 0 Å². The molecule has 0 N–H and O–H groups in total.